The Hall–Kier alpha value is -3.71. The van der Waals surface area contributed by atoms with Crippen LogP contribution in [-0.4, -0.2) is 24.5 Å². The lowest BCUT2D eigenvalue weighted by molar-refractivity contribution is -0.143. The van der Waals surface area contributed by atoms with Crippen molar-refractivity contribution in [2.45, 2.75) is 12.4 Å². The normalized spacial score (nSPS) is 14.9. The third-order valence-electron chi connectivity index (χ3n) is 3.37. The summed E-state index contributed by atoms with van der Waals surface area (Å²) < 4.78 is 77.2. The van der Waals surface area contributed by atoms with Crippen molar-refractivity contribution in [3.63, 3.8) is 0 Å². The number of amidine groups is 1. The first kappa shape index (κ1) is 22.6. The van der Waals surface area contributed by atoms with E-state index in [9.17, 15) is 31.1 Å². The highest BCUT2D eigenvalue weighted by Crippen LogP contribution is 2.36. The summed E-state index contributed by atoms with van der Waals surface area (Å²) in [6.07, 6.45) is -5.04. The molecule has 1 amide bonds. The van der Waals surface area contributed by atoms with Gasteiger partial charge in [0.2, 0.25) is 0 Å². The molecule has 0 unspecified atom stereocenters. The summed E-state index contributed by atoms with van der Waals surface area (Å²) in [5, 5.41) is 6.28. The summed E-state index contributed by atoms with van der Waals surface area (Å²) >= 11 is 0. The highest BCUT2D eigenvalue weighted by Gasteiger charge is 2.37. The Bertz CT molecular complexity index is 870. The van der Waals surface area contributed by atoms with Gasteiger partial charge in [-0.25, -0.2) is 4.99 Å². The number of amides is 1. The number of hydrazone groups is 1. The van der Waals surface area contributed by atoms with Gasteiger partial charge in [-0.15, -0.1) is 0 Å². The molecule has 162 valence electrons. The van der Waals surface area contributed by atoms with E-state index in [1.807, 2.05) is 0 Å². The van der Waals surface area contributed by atoms with E-state index in [-0.39, 0.29) is 6.07 Å². The lowest BCUT2D eigenvalue weighted by atomic mass is 10.0. The highest BCUT2D eigenvalue weighted by molar-refractivity contribution is 5.97. The summed E-state index contributed by atoms with van der Waals surface area (Å²) in [7, 11) is 0. The Kier molecular flexibility index (Phi) is 6.92. The third-order valence-corrected chi connectivity index (χ3v) is 3.37. The maximum absolute atomic E-state index is 12.9. The second kappa shape index (κ2) is 9.19. The van der Waals surface area contributed by atoms with Crippen LogP contribution >= 0.6 is 0 Å². The molecule has 0 atom stereocenters. The standard InChI is InChI=1S/C16H15F6N7O/c17-15(18,19)10-5-9(6-11(7-10)16(20,21)22)14(23)29-26-2-1-13(30)28-27-12-8-24-3-4-25-12/h1-2,4-8,24,26-27H,3H2,(H2,23,29)(H,28,30)/b2-1-. The van der Waals surface area contributed by atoms with Gasteiger partial charge >= 0.3 is 12.4 Å². The van der Waals surface area contributed by atoms with Crippen LogP contribution in [0.3, 0.4) is 0 Å². The molecule has 0 radical (unpaired) electrons. The molecule has 1 heterocycles. The van der Waals surface area contributed by atoms with Crippen LogP contribution in [0.15, 0.2) is 52.6 Å². The first-order chi connectivity index (χ1) is 14.0. The van der Waals surface area contributed by atoms with Crippen LogP contribution in [0.4, 0.5) is 26.3 Å². The average Bonchev–Trinajstić information content (AvgIpc) is 2.68. The lowest BCUT2D eigenvalue weighted by Gasteiger charge is -2.13. The van der Waals surface area contributed by atoms with E-state index >= 15 is 0 Å². The number of rotatable bonds is 6. The van der Waals surface area contributed by atoms with Gasteiger partial charge in [0, 0.05) is 36.8 Å². The zero-order chi connectivity index (χ0) is 22.4. The maximum Gasteiger partial charge on any atom is 0.416 e. The van der Waals surface area contributed by atoms with E-state index in [0.717, 1.165) is 12.3 Å². The van der Waals surface area contributed by atoms with E-state index in [4.69, 9.17) is 5.73 Å². The summed E-state index contributed by atoms with van der Waals surface area (Å²) in [4.78, 5) is 15.5. The summed E-state index contributed by atoms with van der Waals surface area (Å²) in [6.45, 7) is 0.540. The molecule has 0 aromatic heterocycles. The van der Waals surface area contributed by atoms with E-state index in [2.05, 4.69) is 31.7 Å². The monoisotopic (exact) mass is 435 g/mol. The molecule has 2 rings (SSSR count). The number of alkyl halides is 6. The number of carbonyl (C=O) groups is 1. The molecule has 30 heavy (non-hydrogen) atoms. The van der Waals surface area contributed by atoms with Crippen molar-refractivity contribution in [3.8, 4) is 0 Å². The second-order valence-corrected chi connectivity index (χ2v) is 5.62. The molecule has 0 saturated carbocycles. The topological polar surface area (TPSA) is 116 Å². The third kappa shape index (κ3) is 6.72. The summed E-state index contributed by atoms with van der Waals surface area (Å²) in [5.41, 5.74) is 8.70. The van der Waals surface area contributed by atoms with Crippen LogP contribution in [0, 0.1) is 0 Å². The minimum atomic E-state index is -5.01. The van der Waals surface area contributed by atoms with Gasteiger partial charge in [-0.3, -0.25) is 21.1 Å². The molecule has 0 saturated heterocycles. The molecule has 1 aromatic carbocycles. The Balaban J connectivity index is 2.03. The van der Waals surface area contributed by atoms with E-state index in [0.29, 0.717) is 24.5 Å². The molecular weight excluding hydrogens is 420 g/mol. The largest absolute Gasteiger partial charge is 0.416 e. The Morgan fingerprint density at radius 3 is 2.30 bits per heavy atom. The maximum atomic E-state index is 12.9. The van der Waals surface area contributed by atoms with Crippen LogP contribution in [0.25, 0.3) is 0 Å². The number of nitrogens with zero attached hydrogens (tertiary/aromatic N) is 2. The van der Waals surface area contributed by atoms with Gasteiger partial charge in [-0.1, -0.05) is 0 Å². The summed E-state index contributed by atoms with van der Waals surface area (Å²) in [6, 6.07) is 0.841. The van der Waals surface area contributed by atoms with Crippen molar-refractivity contribution in [3.05, 3.63) is 59.2 Å². The van der Waals surface area contributed by atoms with Gasteiger partial charge < -0.3 is 11.1 Å². The van der Waals surface area contributed by atoms with Gasteiger partial charge in [0.15, 0.2) is 11.7 Å². The fourth-order valence-corrected chi connectivity index (χ4v) is 2.01. The molecule has 1 aliphatic rings. The zero-order valence-corrected chi connectivity index (χ0v) is 14.9. The molecule has 0 fully saturated rings. The molecular formula is C16H15F6N7O. The predicted octanol–water partition coefficient (Wildman–Crippen LogP) is 1.54. The van der Waals surface area contributed by atoms with Crippen LogP contribution < -0.4 is 27.3 Å². The number of aliphatic imine (C=N–C) groups is 1. The lowest BCUT2D eigenvalue weighted by Crippen LogP contribution is -2.36. The Morgan fingerprint density at radius 2 is 1.77 bits per heavy atom. The van der Waals surface area contributed by atoms with Gasteiger partial charge in [0.1, 0.15) is 0 Å². The molecule has 0 spiro atoms. The molecule has 0 aliphatic carbocycles. The number of hydrogen-bond acceptors (Lipinski definition) is 6. The first-order valence-electron chi connectivity index (χ1n) is 8.04. The average molecular weight is 435 g/mol. The summed E-state index contributed by atoms with van der Waals surface area (Å²) in [5.74, 6) is -0.970. The molecule has 1 aromatic rings. The molecule has 8 nitrogen and oxygen atoms in total. The molecule has 1 aliphatic heterocycles. The van der Waals surface area contributed by atoms with Gasteiger partial charge in [-0.05, 0) is 18.2 Å². The predicted molar refractivity (Wildman–Crippen MR) is 95.3 cm³/mol. The molecule has 6 N–H and O–H groups in total. The van der Waals surface area contributed by atoms with Gasteiger partial charge in [-0.2, -0.15) is 31.4 Å². The van der Waals surface area contributed by atoms with Crippen molar-refractivity contribution in [2.24, 2.45) is 15.8 Å². The van der Waals surface area contributed by atoms with Gasteiger partial charge in [0.25, 0.3) is 5.91 Å². The van der Waals surface area contributed by atoms with Crippen molar-refractivity contribution in [1.82, 2.24) is 21.6 Å². The molecule has 14 heteroatoms. The quantitative estimate of drug-likeness (QED) is 0.153. The van der Waals surface area contributed by atoms with Crippen LogP contribution in [0.1, 0.15) is 16.7 Å². The van der Waals surface area contributed by atoms with E-state index in [1.165, 1.54) is 6.20 Å². The Labute approximate surface area is 165 Å². The number of hydrazine groups is 1. The minimum Gasteiger partial charge on any atom is -0.383 e. The number of halogens is 6. The highest BCUT2D eigenvalue weighted by atomic mass is 19.4. The number of hydrogen-bond donors (Lipinski definition) is 5. The van der Waals surface area contributed by atoms with Crippen molar-refractivity contribution in [2.75, 3.05) is 6.54 Å². The van der Waals surface area contributed by atoms with Gasteiger partial charge in [0.05, 0.1) is 11.1 Å². The fourth-order valence-electron chi connectivity index (χ4n) is 2.01. The van der Waals surface area contributed by atoms with Crippen LogP contribution in [0.5, 0.6) is 0 Å². The minimum absolute atomic E-state index is 0.0250. The number of nitrogens with one attached hydrogen (secondary N) is 4. The SMILES string of the molecule is N/C(=N\N/C=C\C(=O)NNC1=CNCC=N1)c1cc(C(F)(F)F)cc(C(F)(F)F)c1. The van der Waals surface area contributed by atoms with E-state index in [1.54, 1.807) is 6.21 Å². The van der Waals surface area contributed by atoms with E-state index < -0.39 is 40.8 Å². The van der Waals surface area contributed by atoms with Crippen LogP contribution in [-0.2, 0) is 17.1 Å². The number of nitrogens with two attached hydrogens (primary N) is 1. The molecule has 0 bridgehead atoms. The van der Waals surface area contributed by atoms with Crippen molar-refractivity contribution < 1.29 is 31.1 Å². The first-order valence-corrected chi connectivity index (χ1v) is 8.04. The van der Waals surface area contributed by atoms with Crippen LogP contribution in [0.2, 0.25) is 0 Å². The van der Waals surface area contributed by atoms with Crippen molar-refractivity contribution >= 4 is 18.0 Å². The zero-order valence-electron chi connectivity index (χ0n) is 14.9. The Morgan fingerprint density at radius 1 is 1.13 bits per heavy atom. The van der Waals surface area contributed by atoms with Crippen molar-refractivity contribution in [1.29, 1.82) is 0 Å². The second-order valence-electron chi connectivity index (χ2n) is 5.62. The fraction of sp³-hybridized carbons (Fsp3) is 0.188. The number of carbonyl (C=O) groups excluding carboxylic acids is 1. The number of benzene rings is 1. The smallest absolute Gasteiger partial charge is 0.383 e.